The Kier molecular flexibility index (Phi) is 4.87. The lowest BCUT2D eigenvalue weighted by Gasteiger charge is -2.13. The number of benzene rings is 1. The molecule has 5 heteroatoms. The Hall–Kier alpha value is -1.46. The molecule has 0 saturated carbocycles. The zero-order chi connectivity index (χ0) is 13.7. The standard InChI is InChI=1S/C14H15F2NOS/c1-10(14-3-2-8-19-14)17-6-7-18-13-5-4-11(15)9-12(13)16/h2-5,8-10,17H,6-7H2,1H3. The maximum absolute atomic E-state index is 13.3. The van der Waals surface area contributed by atoms with Crippen LogP contribution in [0.25, 0.3) is 0 Å². The van der Waals surface area contributed by atoms with Crippen LogP contribution >= 0.6 is 11.3 Å². The quantitative estimate of drug-likeness (QED) is 0.815. The van der Waals surface area contributed by atoms with E-state index in [2.05, 4.69) is 18.3 Å². The lowest BCUT2D eigenvalue weighted by molar-refractivity contribution is 0.293. The molecule has 1 unspecified atom stereocenters. The Morgan fingerprint density at radius 3 is 2.84 bits per heavy atom. The highest BCUT2D eigenvalue weighted by molar-refractivity contribution is 7.10. The average Bonchev–Trinajstić information content (AvgIpc) is 2.90. The summed E-state index contributed by atoms with van der Waals surface area (Å²) in [6, 6.07) is 7.59. The molecular weight excluding hydrogens is 268 g/mol. The highest BCUT2D eigenvalue weighted by Crippen LogP contribution is 2.19. The first-order chi connectivity index (χ1) is 9.16. The number of thiophene rings is 1. The molecule has 1 aromatic carbocycles. The molecule has 2 nitrogen and oxygen atoms in total. The Labute approximate surface area is 115 Å². The van der Waals surface area contributed by atoms with E-state index in [0.29, 0.717) is 13.2 Å². The van der Waals surface area contributed by atoms with Gasteiger partial charge in [0, 0.05) is 23.5 Å². The van der Waals surface area contributed by atoms with Gasteiger partial charge in [0.15, 0.2) is 11.6 Å². The van der Waals surface area contributed by atoms with Gasteiger partial charge in [-0.25, -0.2) is 8.78 Å². The topological polar surface area (TPSA) is 21.3 Å². The van der Waals surface area contributed by atoms with Crippen molar-refractivity contribution in [2.75, 3.05) is 13.2 Å². The zero-order valence-corrected chi connectivity index (χ0v) is 11.3. The number of ether oxygens (including phenoxy) is 1. The summed E-state index contributed by atoms with van der Waals surface area (Å²) in [5.41, 5.74) is 0. The minimum absolute atomic E-state index is 0.0759. The van der Waals surface area contributed by atoms with Crippen molar-refractivity contribution in [3.63, 3.8) is 0 Å². The van der Waals surface area contributed by atoms with Crippen molar-refractivity contribution in [2.45, 2.75) is 13.0 Å². The van der Waals surface area contributed by atoms with E-state index in [1.165, 1.54) is 17.0 Å². The number of hydrogen-bond donors (Lipinski definition) is 1. The molecule has 1 atom stereocenters. The molecular formula is C14H15F2NOS. The summed E-state index contributed by atoms with van der Waals surface area (Å²) in [4.78, 5) is 1.24. The van der Waals surface area contributed by atoms with E-state index >= 15 is 0 Å². The number of halogens is 2. The molecule has 0 bridgehead atoms. The van der Waals surface area contributed by atoms with Gasteiger partial charge in [-0.2, -0.15) is 0 Å². The van der Waals surface area contributed by atoms with Crippen LogP contribution in [-0.4, -0.2) is 13.2 Å². The summed E-state index contributed by atoms with van der Waals surface area (Å²) in [7, 11) is 0. The Morgan fingerprint density at radius 2 is 2.16 bits per heavy atom. The molecule has 0 aliphatic rings. The molecule has 0 radical (unpaired) electrons. The molecule has 0 amide bonds. The highest BCUT2D eigenvalue weighted by atomic mass is 32.1. The lowest BCUT2D eigenvalue weighted by Crippen LogP contribution is -2.23. The predicted molar refractivity (Wildman–Crippen MR) is 72.6 cm³/mol. The van der Waals surface area contributed by atoms with Gasteiger partial charge in [-0.15, -0.1) is 11.3 Å². The summed E-state index contributed by atoms with van der Waals surface area (Å²) < 4.78 is 31.2. The Morgan fingerprint density at radius 1 is 1.32 bits per heavy atom. The molecule has 0 aliphatic carbocycles. The minimum Gasteiger partial charge on any atom is -0.489 e. The van der Waals surface area contributed by atoms with Crippen molar-refractivity contribution >= 4 is 11.3 Å². The van der Waals surface area contributed by atoms with E-state index in [-0.39, 0.29) is 11.8 Å². The molecule has 2 rings (SSSR count). The molecule has 19 heavy (non-hydrogen) atoms. The fourth-order valence-electron chi connectivity index (χ4n) is 1.67. The van der Waals surface area contributed by atoms with Crippen LogP contribution in [0, 0.1) is 11.6 Å². The van der Waals surface area contributed by atoms with Crippen LogP contribution in [0.3, 0.4) is 0 Å². The lowest BCUT2D eigenvalue weighted by atomic mass is 10.3. The molecule has 0 fully saturated rings. The number of nitrogens with one attached hydrogen (secondary N) is 1. The first kappa shape index (κ1) is 14.0. The maximum Gasteiger partial charge on any atom is 0.167 e. The summed E-state index contributed by atoms with van der Waals surface area (Å²) in [5.74, 6) is -1.20. The van der Waals surface area contributed by atoms with Gasteiger partial charge in [0.05, 0.1) is 0 Å². The normalized spacial score (nSPS) is 12.4. The van der Waals surface area contributed by atoms with Crippen LogP contribution in [0.15, 0.2) is 35.7 Å². The van der Waals surface area contributed by atoms with Crippen LogP contribution in [0.1, 0.15) is 17.8 Å². The molecule has 1 aromatic heterocycles. The van der Waals surface area contributed by atoms with Gasteiger partial charge in [0.2, 0.25) is 0 Å². The van der Waals surface area contributed by atoms with Crippen LogP contribution in [-0.2, 0) is 0 Å². The van der Waals surface area contributed by atoms with E-state index < -0.39 is 11.6 Å². The SMILES string of the molecule is CC(NCCOc1ccc(F)cc1F)c1cccs1. The summed E-state index contributed by atoms with van der Waals surface area (Å²) in [6.07, 6.45) is 0. The second kappa shape index (κ2) is 6.63. The van der Waals surface area contributed by atoms with Crippen molar-refractivity contribution in [3.05, 3.63) is 52.2 Å². The third kappa shape index (κ3) is 4.01. The van der Waals surface area contributed by atoms with Gasteiger partial charge in [-0.05, 0) is 30.5 Å². The van der Waals surface area contributed by atoms with Crippen molar-refractivity contribution in [3.8, 4) is 5.75 Å². The van der Waals surface area contributed by atoms with Gasteiger partial charge in [0.1, 0.15) is 12.4 Å². The molecule has 1 heterocycles. The summed E-state index contributed by atoms with van der Waals surface area (Å²) in [5, 5.41) is 5.30. The van der Waals surface area contributed by atoms with Crippen molar-refractivity contribution in [2.24, 2.45) is 0 Å². The van der Waals surface area contributed by atoms with Gasteiger partial charge >= 0.3 is 0 Å². The maximum atomic E-state index is 13.3. The minimum atomic E-state index is -0.675. The van der Waals surface area contributed by atoms with E-state index in [1.54, 1.807) is 11.3 Å². The number of rotatable bonds is 6. The second-order valence-electron chi connectivity index (χ2n) is 4.11. The summed E-state index contributed by atoms with van der Waals surface area (Å²) in [6.45, 7) is 2.98. The Balaban J connectivity index is 1.75. The van der Waals surface area contributed by atoms with Crippen molar-refractivity contribution in [1.29, 1.82) is 0 Å². The predicted octanol–water partition coefficient (Wildman–Crippen LogP) is 3.76. The van der Waals surface area contributed by atoms with Gasteiger partial charge in [-0.1, -0.05) is 6.07 Å². The molecule has 0 aliphatic heterocycles. The van der Waals surface area contributed by atoms with Gasteiger partial charge < -0.3 is 10.1 Å². The molecule has 102 valence electrons. The van der Waals surface area contributed by atoms with Crippen molar-refractivity contribution < 1.29 is 13.5 Å². The smallest absolute Gasteiger partial charge is 0.167 e. The fraction of sp³-hybridized carbons (Fsp3) is 0.286. The van der Waals surface area contributed by atoms with E-state index in [0.717, 1.165) is 6.07 Å². The molecule has 1 N–H and O–H groups in total. The van der Waals surface area contributed by atoms with Crippen LogP contribution in [0.4, 0.5) is 8.78 Å². The highest BCUT2D eigenvalue weighted by Gasteiger charge is 2.06. The van der Waals surface area contributed by atoms with E-state index in [9.17, 15) is 8.78 Å². The summed E-state index contributed by atoms with van der Waals surface area (Å²) >= 11 is 1.68. The largest absolute Gasteiger partial charge is 0.489 e. The molecule has 0 saturated heterocycles. The Bertz CT molecular complexity index is 516. The van der Waals surface area contributed by atoms with E-state index in [1.807, 2.05) is 11.4 Å². The molecule has 2 aromatic rings. The monoisotopic (exact) mass is 283 g/mol. The molecule has 0 spiro atoms. The van der Waals surface area contributed by atoms with Crippen LogP contribution in [0.5, 0.6) is 5.75 Å². The number of hydrogen-bond acceptors (Lipinski definition) is 3. The van der Waals surface area contributed by atoms with Crippen molar-refractivity contribution in [1.82, 2.24) is 5.32 Å². The van der Waals surface area contributed by atoms with E-state index in [4.69, 9.17) is 4.74 Å². The third-order valence-corrected chi connectivity index (χ3v) is 3.73. The van der Waals surface area contributed by atoms with Crippen LogP contribution in [0.2, 0.25) is 0 Å². The first-order valence-corrected chi connectivity index (χ1v) is 6.89. The van der Waals surface area contributed by atoms with Gasteiger partial charge in [-0.3, -0.25) is 0 Å². The first-order valence-electron chi connectivity index (χ1n) is 6.01. The second-order valence-corrected chi connectivity index (χ2v) is 5.09. The van der Waals surface area contributed by atoms with Crippen LogP contribution < -0.4 is 10.1 Å². The van der Waals surface area contributed by atoms with Gasteiger partial charge in [0.25, 0.3) is 0 Å². The average molecular weight is 283 g/mol. The zero-order valence-electron chi connectivity index (χ0n) is 10.5. The fourth-order valence-corrected chi connectivity index (χ4v) is 2.43. The third-order valence-electron chi connectivity index (χ3n) is 2.67.